The molecule has 0 bridgehead atoms. The third-order valence-corrected chi connectivity index (χ3v) is 8.62. The van der Waals surface area contributed by atoms with Crippen LogP contribution in [0, 0.1) is 0 Å². The highest BCUT2D eigenvalue weighted by molar-refractivity contribution is 9.10. The van der Waals surface area contributed by atoms with Gasteiger partial charge in [0.25, 0.3) is 0 Å². The molecular weight excluding hydrogens is 619 g/mol. The predicted octanol–water partition coefficient (Wildman–Crippen LogP) is 5.63. The summed E-state index contributed by atoms with van der Waals surface area (Å²) in [6, 6.07) is 14.4. The van der Waals surface area contributed by atoms with Crippen molar-refractivity contribution < 1.29 is 27.4 Å². The minimum Gasteiger partial charge on any atom is -0.493 e. The summed E-state index contributed by atoms with van der Waals surface area (Å²) < 4.78 is 45.2. The highest BCUT2D eigenvalue weighted by Gasteiger charge is 2.29. The second-order valence-electron chi connectivity index (χ2n) is 8.25. The number of hydrogen-bond acceptors (Lipinski definition) is 6. The number of rotatable bonds is 11. The summed E-state index contributed by atoms with van der Waals surface area (Å²) in [5, 5.41) is 0.717. The van der Waals surface area contributed by atoms with Crippen LogP contribution in [-0.2, 0) is 27.9 Å². The van der Waals surface area contributed by atoms with E-state index in [0.29, 0.717) is 38.4 Å². The summed E-state index contributed by atoms with van der Waals surface area (Å²) in [6.07, 6.45) is 0. The molecule has 0 aromatic heterocycles. The SMILES string of the molecule is COc1cc(CN(C)C(=O)CN(Cc2ccc(Cl)cc2Cl)S(=O)(=O)c2ccc(Br)cc2)cc(OC)c1OC. The van der Waals surface area contributed by atoms with E-state index in [-0.39, 0.29) is 18.0 Å². The first-order chi connectivity index (χ1) is 18.0. The van der Waals surface area contributed by atoms with E-state index in [1.807, 2.05) is 0 Å². The fourth-order valence-electron chi connectivity index (χ4n) is 3.68. The zero-order valence-corrected chi connectivity index (χ0v) is 25.1. The molecule has 3 aromatic carbocycles. The van der Waals surface area contributed by atoms with Crippen molar-refractivity contribution in [2.45, 2.75) is 18.0 Å². The maximum absolute atomic E-state index is 13.6. The lowest BCUT2D eigenvalue weighted by Gasteiger charge is -2.26. The van der Waals surface area contributed by atoms with Gasteiger partial charge in [0.2, 0.25) is 21.7 Å². The average Bonchev–Trinajstić information content (AvgIpc) is 2.89. The summed E-state index contributed by atoms with van der Waals surface area (Å²) in [6.45, 7) is -0.375. The Morgan fingerprint density at radius 2 is 1.50 bits per heavy atom. The van der Waals surface area contributed by atoms with Gasteiger partial charge < -0.3 is 19.1 Å². The van der Waals surface area contributed by atoms with Gasteiger partial charge in [-0.1, -0.05) is 45.2 Å². The van der Waals surface area contributed by atoms with Crippen molar-refractivity contribution >= 4 is 55.1 Å². The fraction of sp³-hybridized carbons (Fsp3) is 0.269. The number of hydrogen-bond donors (Lipinski definition) is 0. The van der Waals surface area contributed by atoms with Crippen molar-refractivity contribution in [1.82, 2.24) is 9.21 Å². The van der Waals surface area contributed by atoms with Gasteiger partial charge in [0.15, 0.2) is 11.5 Å². The number of likely N-dealkylation sites (N-methyl/N-ethyl adjacent to an activating group) is 1. The Morgan fingerprint density at radius 3 is 2.03 bits per heavy atom. The van der Waals surface area contributed by atoms with E-state index in [1.165, 1.54) is 44.4 Å². The van der Waals surface area contributed by atoms with E-state index in [2.05, 4.69) is 15.9 Å². The van der Waals surface area contributed by atoms with Crippen LogP contribution in [-0.4, -0.2) is 58.5 Å². The fourth-order valence-corrected chi connectivity index (χ4v) is 5.78. The molecule has 0 aliphatic carbocycles. The maximum atomic E-state index is 13.6. The maximum Gasteiger partial charge on any atom is 0.243 e. The van der Waals surface area contributed by atoms with E-state index < -0.39 is 22.5 Å². The van der Waals surface area contributed by atoms with E-state index in [4.69, 9.17) is 37.4 Å². The smallest absolute Gasteiger partial charge is 0.243 e. The summed E-state index contributed by atoms with van der Waals surface area (Å²) >= 11 is 15.7. The quantitative estimate of drug-likeness (QED) is 0.269. The molecule has 0 saturated carbocycles. The molecule has 0 aliphatic heterocycles. The predicted molar refractivity (Wildman–Crippen MR) is 151 cm³/mol. The van der Waals surface area contributed by atoms with Crippen LogP contribution < -0.4 is 14.2 Å². The Labute approximate surface area is 241 Å². The van der Waals surface area contributed by atoms with E-state index >= 15 is 0 Å². The summed E-state index contributed by atoms with van der Waals surface area (Å²) in [5.74, 6) is 0.892. The van der Waals surface area contributed by atoms with Crippen LogP contribution in [0.2, 0.25) is 10.0 Å². The number of carbonyl (C=O) groups excluding carboxylic acids is 1. The molecule has 3 rings (SSSR count). The summed E-state index contributed by atoms with van der Waals surface area (Å²) in [4.78, 5) is 14.8. The molecule has 0 fully saturated rings. The lowest BCUT2D eigenvalue weighted by atomic mass is 10.1. The number of ether oxygens (including phenoxy) is 3. The topological polar surface area (TPSA) is 85.4 Å². The van der Waals surface area contributed by atoms with Crippen LogP contribution in [0.3, 0.4) is 0 Å². The Morgan fingerprint density at radius 1 is 0.895 bits per heavy atom. The Hall–Kier alpha value is -2.50. The highest BCUT2D eigenvalue weighted by atomic mass is 79.9. The van der Waals surface area contributed by atoms with Gasteiger partial charge in [0.05, 0.1) is 32.8 Å². The Kier molecular flexibility index (Phi) is 10.3. The van der Waals surface area contributed by atoms with Crippen molar-refractivity contribution in [3.05, 3.63) is 80.2 Å². The van der Waals surface area contributed by atoms with Crippen LogP contribution in [0.5, 0.6) is 17.2 Å². The van der Waals surface area contributed by atoms with E-state index in [9.17, 15) is 13.2 Å². The second kappa shape index (κ2) is 13.0. The first kappa shape index (κ1) is 30.0. The largest absolute Gasteiger partial charge is 0.493 e. The molecule has 0 aliphatic rings. The molecule has 12 heteroatoms. The zero-order chi connectivity index (χ0) is 28.0. The second-order valence-corrected chi connectivity index (χ2v) is 11.9. The molecule has 0 unspecified atom stereocenters. The van der Waals surface area contributed by atoms with Crippen LogP contribution >= 0.6 is 39.1 Å². The number of sulfonamides is 1. The summed E-state index contributed by atoms with van der Waals surface area (Å²) in [5.41, 5.74) is 1.22. The third kappa shape index (κ3) is 7.12. The molecule has 1 amide bonds. The number of amides is 1. The van der Waals surface area contributed by atoms with Crippen LogP contribution in [0.4, 0.5) is 0 Å². The van der Waals surface area contributed by atoms with Crippen LogP contribution in [0.1, 0.15) is 11.1 Å². The minimum atomic E-state index is -4.06. The highest BCUT2D eigenvalue weighted by Crippen LogP contribution is 2.38. The monoisotopic (exact) mass is 644 g/mol. The van der Waals surface area contributed by atoms with Crippen molar-refractivity contribution in [2.75, 3.05) is 34.9 Å². The van der Waals surface area contributed by atoms with Gasteiger partial charge in [0, 0.05) is 34.7 Å². The molecule has 3 aromatic rings. The van der Waals surface area contributed by atoms with Gasteiger partial charge in [-0.25, -0.2) is 8.42 Å². The number of halogens is 3. The lowest BCUT2D eigenvalue weighted by molar-refractivity contribution is -0.130. The van der Waals surface area contributed by atoms with Crippen LogP contribution in [0.15, 0.2) is 64.0 Å². The van der Waals surface area contributed by atoms with Gasteiger partial charge in [-0.3, -0.25) is 4.79 Å². The molecule has 8 nitrogen and oxygen atoms in total. The van der Waals surface area contributed by atoms with Crippen molar-refractivity contribution in [2.24, 2.45) is 0 Å². The number of methoxy groups -OCH3 is 3. The minimum absolute atomic E-state index is 0.0471. The molecule has 0 N–H and O–H groups in total. The molecule has 0 spiro atoms. The molecule has 0 radical (unpaired) electrons. The number of nitrogens with zero attached hydrogens (tertiary/aromatic N) is 2. The summed E-state index contributed by atoms with van der Waals surface area (Å²) in [7, 11) is 2.04. The average molecular weight is 646 g/mol. The molecule has 0 saturated heterocycles. The zero-order valence-electron chi connectivity index (χ0n) is 21.2. The third-order valence-electron chi connectivity index (χ3n) is 5.69. The van der Waals surface area contributed by atoms with Gasteiger partial charge in [-0.2, -0.15) is 4.31 Å². The molecule has 0 heterocycles. The van der Waals surface area contributed by atoms with Gasteiger partial charge in [-0.15, -0.1) is 0 Å². The van der Waals surface area contributed by atoms with Crippen molar-refractivity contribution in [3.63, 3.8) is 0 Å². The molecular formula is C26H27BrCl2N2O6S. The van der Waals surface area contributed by atoms with Gasteiger partial charge in [-0.05, 0) is 59.7 Å². The Balaban J connectivity index is 1.90. The van der Waals surface area contributed by atoms with Crippen molar-refractivity contribution in [3.8, 4) is 17.2 Å². The van der Waals surface area contributed by atoms with E-state index in [0.717, 1.165) is 8.78 Å². The van der Waals surface area contributed by atoms with Crippen molar-refractivity contribution in [1.29, 1.82) is 0 Å². The molecule has 38 heavy (non-hydrogen) atoms. The Bertz CT molecular complexity index is 1380. The van der Waals surface area contributed by atoms with Gasteiger partial charge >= 0.3 is 0 Å². The first-order valence-corrected chi connectivity index (χ1v) is 14.2. The molecule has 0 atom stereocenters. The van der Waals surface area contributed by atoms with Crippen LogP contribution in [0.25, 0.3) is 0 Å². The number of benzene rings is 3. The standard InChI is InChI=1S/C26H27BrCl2N2O6S/c1-30(14-17-11-23(35-2)26(37-4)24(12-17)36-3)25(32)16-31(15-18-5-8-20(28)13-22(18)29)38(33,34)21-9-6-19(27)7-10-21/h5-13H,14-16H2,1-4H3. The normalized spacial score (nSPS) is 11.4. The lowest BCUT2D eigenvalue weighted by Crippen LogP contribution is -2.41. The molecule has 204 valence electrons. The van der Waals surface area contributed by atoms with E-state index in [1.54, 1.807) is 43.4 Å². The number of carbonyl (C=O) groups is 1. The first-order valence-electron chi connectivity index (χ1n) is 11.2. The van der Waals surface area contributed by atoms with Gasteiger partial charge in [0.1, 0.15) is 0 Å².